The number of aryl methyl sites for hydroxylation is 1. The summed E-state index contributed by atoms with van der Waals surface area (Å²) >= 11 is 0. The molecule has 0 saturated carbocycles. The molecule has 0 bridgehead atoms. The molecule has 1 N–H and O–H groups in total. The van der Waals surface area contributed by atoms with Gasteiger partial charge < -0.3 is 14.8 Å². The smallest absolute Gasteiger partial charge is 0.119 e. The lowest BCUT2D eigenvalue weighted by Crippen LogP contribution is -2.22. The summed E-state index contributed by atoms with van der Waals surface area (Å²) in [5, 5.41) is 3.37. The van der Waals surface area contributed by atoms with Gasteiger partial charge in [-0.25, -0.2) is 0 Å². The maximum Gasteiger partial charge on any atom is 0.119 e. The molecule has 0 aliphatic rings. The van der Waals surface area contributed by atoms with Gasteiger partial charge in [0, 0.05) is 19.8 Å². The minimum Gasteiger partial charge on any atom is -0.492 e. The normalized spacial score (nSPS) is 10.6. The van der Waals surface area contributed by atoms with Crippen molar-refractivity contribution in [3.05, 3.63) is 29.8 Å². The van der Waals surface area contributed by atoms with E-state index in [0.717, 1.165) is 57.9 Å². The second-order valence-corrected chi connectivity index (χ2v) is 4.50. The fourth-order valence-corrected chi connectivity index (χ4v) is 1.79. The molecular weight excluding hydrogens is 238 g/mol. The number of unbranched alkanes of at least 4 members (excludes halogenated alkanes) is 1. The van der Waals surface area contributed by atoms with Crippen molar-refractivity contribution in [2.75, 3.05) is 32.9 Å². The van der Waals surface area contributed by atoms with Gasteiger partial charge in [-0.1, -0.05) is 19.1 Å². The van der Waals surface area contributed by atoms with Crippen LogP contribution in [0.4, 0.5) is 0 Å². The van der Waals surface area contributed by atoms with Gasteiger partial charge in [-0.3, -0.25) is 0 Å². The van der Waals surface area contributed by atoms with Crippen molar-refractivity contribution < 1.29 is 9.47 Å². The van der Waals surface area contributed by atoms with Crippen LogP contribution in [-0.4, -0.2) is 32.9 Å². The van der Waals surface area contributed by atoms with Crippen molar-refractivity contribution in [3.8, 4) is 5.75 Å². The molecule has 0 aliphatic carbocycles. The number of rotatable bonds is 11. The summed E-state index contributed by atoms with van der Waals surface area (Å²) in [4.78, 5) is 0. The van der Waals surface area contributed by atoms with Gasteiger partial charge in [0.05, 0.1) is 0 Å². The summed E-state index contributed by atoms with van der Waals surface area (Å²) in [7, 11) is 0. The summed E-state index contributed by atoms with van der Waals surface area (Å²) < 4.78 is 10.9. The van der Waals surface area contributed by atoms with Crippen LogP contribution in [0.15, 0.2) is 24.3 Å². The Morgan fingerprint density at radius 2 is 1.74 bits per heavy atom. The minimum absolute atomic E-state index is 0.719. The average Bonchev–Trinajstić information content (AvgIpc) is 2.46. The summed E-state index contributed by atoms with van der Waals surface area (Å²) in [5.41, 5.74) is 1.35. The van der Waals surface area contributed by atoms with E-state index in [1.54, 1.807) is 0 Å². The van der Waals surface area contributed by atoms with Gasteiger partial charge in [-0.2, -0.15) is 0 Å². The van der Waals surface area contributed by atoms with E-state index in [-0.39, 0.29) is 0 Å². The van der Waals surface area contributed by atoms with Crippen LogP contribution in [0.5, 0.6) is 5.75 Å². The highest BCUT2D eigenvalue weighted by Gasteiger charge is 1.94. The number of hydrogen-bond donors (Lipinski definition) is 1. The summed E-state index contributed by atoms with van der Waals surface area (Å²) in [6.45, 7) is 8.52. The largest absolute Gasteiger partial charge is 0.492 e. The highest BCUT2D eigenvalue weighted by atomic mass is 16.5. The monoisotopic (exact) mass is 265 g/mol. The number of benzene rings is 1. The Labute approximate surface area is 117 Å². The third-order valence-corrected chi connectivity index (χ3v) is 2.98. The molecule has 0 saturated heterocycles. The van der Waals surface area contributed by atoms with Gasteiger partial charge in [0.15, 0.2) is 0 Å². The Hall–Kier alpha value is -1.06. The lowest BCUT2D eigenvalue weighted by atomic mass is 10.2. The topological polar surface area (TPSA) is 30.5 Å². The molecule has 1 aromatic carbocycles. The van der Waals surface area contributed by atoms with E-state index in [1.165, 1.54) is 5.56 Å². The predicted molar refractivity (Wildman–Crippen MR) is 79.9 cm³/mol. The van der Waals surface area contributed by atoms with E-state index in [9.17, 15) is 0 Å². The van der Waals surface area contributed by atoms with Crippen LogP contribution in [0.3, 0.4) is 0 Å². The molecule has 0 spiro atoms. The molecule has 0 aliphatic heterocycles. The molecule has 19 heavy (non-hydrogen) atoms. The first kappa shape index (κ1) is 16.0. The summed E-state index contributed by atoms with van der Waals surface area (Å²) in [5.74, 6) is 0.954. The van der Waals surface area contributed by atoms with Crippen LogP contribution in [-0.2, 0) is 11.2 Å². The zero-order valence-corrected chi connectivity index (χ0v) is 12.3. The fourth-order valence-electron chi connectivity index (χ4n) is 1.79. The van der Waals surface area contributed by atoms with Crippen LogP contribution in [0.25, 0.3) is 0 Å². The van der Waals surface area contributed by atoms with Crippen LogP contribution in [0.1, 0.15) is 32.3 Å². The van der Waals surface area contributed by atoms with E-state index in [0.29, 0.717) is 0 Å². The van der Waals surface area contributed by atoms with Crippen molar-refractivity contribution in [2.24, 2.45) is 0 Å². The van der Waals surface area contributed by atoms with E-state index in [4.69, 9.17) is 9.47 Å². The van der Waals surface area contributed by atoms with Crippen molar-refractivity contribution >= 4 is 0 Å². The van der Waals surface area contributed by atoms with Crippen LogP contribution in [0, 0.1) is 0 Å². The van der Waals surface area contributed by atoms with Gasteiger partial charge in [0.1, 0.15) is 12.4 Å². The molecule has 0 unspecified atom stereocenters. The molecular formula is C16H27NO2. The Bertz CT molecular complexity index is 311. The molecule has 1 aromatic rings. The number of ether oxygens (including phenoxy) is 2. The second-order valence-electron chi connectivity index (χ2n) is 4.50. The van der Waals surface area contributed by atoms with Crippen molar-refractivity contribution in [3.63, 3.8) is 0 Å². The number of nitrogens with one attached hydrogen (secondary N) is 1. The molecule has 0 amide bonds. The highest BCUT2D eigenvalue weighted by molar-refractivity contribution is 5.27. The van der Waals surface area contributed by atoms with Gasteiger partial charge in [0.2, 0.25) is 0 Å². The maximum atomic E-state index is 5.66. The lowest BCUT2D eigenvalue weighted by Gasteiger charge is -2.08. The molecule has 1 rings (SSSR count). The van der Waals surface area contributed by atoms with E-state index in [1.807, 2.05) is 19.1 Å². The zero-order valence-electron chi connectivity index (χ0n) is 12.3. The Balaban J connectivity index is 1.95. The molecule has 0 atom stereocenters. The first-order valence-corrected chi connectivity index (χ1v) is 7.37. The van der Waals surface area contributed by atoms with Crippen molar-refractivity contribution in [2.45, 2.75) is 33.1 Å². The molecule has 0 fully saturated rings. The van der Waals surface area contributed by atoms with Gasteiger partial charge >= 0.3 is 0 Å². The van der Waals surface area contributed by atoms with E-state index in [2.05, 4.69) is 24.4 Å². The van der Waals surface area contributed by atoms with E-state index >= 15 is 0 Å². The first-order chi connectivity index (χ1) is 9.36. The summed E-state index contributed by atoms with van der Waals surface area (Å²) in [6, 6.07) is 8.33. The molecule has 0 aromatic heterocycles. The zero-order chi connectivity index (χ0) is 13.8. The Morgan fingerprint density at radius 3 is 2.42 bits per heavy atom. The molecule has 3 heteroatoms. The Morgan fingerprint density at radius 1 is 0.947 bits per heavy atom. The quantitative estimate of drug-likeness (QED) is 0.624. The first-order valence-electron chi connectivity index (χ1n) is 7.37. The van der Waals surface area contributed by atoms with Crippen LogP contribution < -0.4 is 10.1 Å². The fraction of sp³-hybridized carbons (Fsp3) is 0.625. The number of hydrogen-bond acceptors (Lipinski definition) is 3. The highest BCUT2D eigenvalue weighted by Crippen LogP contribution is 2.11. The third kappa shape index (κ3) is 7.85. The Kier molecular flexibility index (Phi) is 9.11. The third-order valence-electron chi connectivity index (χ3n) is 2.98. The average molecular weight is 265 g/mol. The van der Waals surface area contributed by atoms with Gasteiger partial charge in [0.25, 0.3) is 0 Å². The van der Waals surface area contributed by atoms with E-state index < -0.39 is 0 Å². The SMILES string of the molecule is CCOCCCCNCCOc1ccc(CC)cc1. The molecule has 0 heterocycles. The van der Waals surface area contributed by atoms with Crippen LogP contribution in [0.2, 0.25) is 0 Å². The standard InChI is InChI=1S/C16H27NO2/c1-3-15-7-9-16(10-8-15)19-14-12-17-11-5-6-13-18-4-2/h7-10,17H,3-6,11-14H2,1-2H3. The van der Waals surface area contributed by atoms with Crippen molar-refractivity contribution in [1.29, 1.82) is 0 Å². The van der Waals surface area contributed by atoms with Crippen LogP contribution >= 0.6 is 0 Å². The van der Waals surface area contributed by atoms with Crippen molar-refractivity contribution in [1.82, 2.24) is 5.32 Å². The van der Waals surface area contributed by atoms with Gasteiger partial charge in [-0.15, -0.1) is 0 Å². The predicted octanol–water partition coefficient (Wildman–Crippen LogP) is 3.03. The molecule has 0 radical (unpaired) electrons. The lowest BCUT2D eigenvalue weighted by molar-refractivity contribution is 0.143. The summed E-state index contributed by atoms with van der Waals surface area (Å²) in [6.07, 6.45) is 3.36. The van der Waals surface area contributed by atoms with Gasteiger partial charge in [-0.05, 0) is 50.4 Å². The molecule has 108 valence electrons. The molecule has 3 nitrogen and oxygen atoms in total. The maximum absolute atomic E-state index is 5.66. The second kappa shape index (κ2) is 10.8. The minimum atomic E-state index is 0.719.